The van der Waals surface area contributed by atoms with E-state index in [1.54, 1.807) is 12.1 Å². The number of carbonyl (C=O) groups excluding carboxylic acids is 1. The highest BCUT2D eigenvalue weighted by Crippen LogP contribution is 2.25. The molecular formula is C11H13F2NOS. The van der Waals surface area contributed by atoms with E-state index < -0.39 is 5.76 Å². The molecule has 0 radical (unpaired) electrons. The fourth-order valence-electron chi connectivity index (χ4n) is 1.13. The number of nitrogens with one attached hydrogen (secondary N) is 1. The Morgan fingerprint density at radius 3 is 2.25 bits per heavy atom. The molecular weight excluding hydrogens is 232 g/mol. The predicted octanol–water partition coefficient (Wildman–Crippen LogP) is 3.14. The van der Waals surface area contributed by atoms with E-state index in [4.69, 9.17) is 0 Å². The van der Waals surface area contributed by atoms with Crippen molar-refractivity contribution in [2.24, 2.45) is 0 Å². The molecule has 0 fully saturated rings. The van der Waals surface area contributed by atoms with Crippen molar-refractivity contribution >= 4 is 17.7 Å². The van der Waals surface area contributed by atoms with E-state index >= 15 is 0 Å². The fourth-order valence-corrected chi connectivity index (χ4v) is 1.63. The second kappa shape index (κ2) is 5.84. The van der Waals surface area contributed by atoms with Crippen LogP contribution in [-0.2, 0) is 0 Å². The first-order chi connectivity index (χ1) is 7.49. The average Bonchev–Trinajstić information content (AvgIpc) is 2.16. The van der Waals surface area contributed by atoms with Gasteiger partial charge in [-0.15, -0.1) is 0 Å². The van der Waals surface area contributed by atoms with Gasteiger partial charge in [0.15, 0.2) is 0 Å². The van der Waals surface area contributed by atoms with Gasteiger partial charge in [0, 0.05) is 16.5 Å². The minimum absolute atomic E-state index is 0.0580. The standard InChI is InChI=1S/C11H13F2NOS/c1-7(2)14-10(15)8-3-5-9(6-4-8)16-11(12)13/h3-7,11H,1-2H3,(H,14,15). The smallest absolute Gasteiger partial charge is 0.288 e. The van der Waals surface area contributed by atoms with Gasteiger partial charge in [0.2, 0.25) is 0 Å². The van der Waals surface area contributed by atoms with Crippen LogP contribution in [0.4, 0.5) is 8.78 Å². The van der Waals surface area contributed by atoms with Gasteiger partial charge >= 0.3 is 0 Å². The molecule has 88 valence electrons. The number of hydrogen-bond donors (Lipinski definition) is 1. The molecule has 16 heavy (non-hydrogen) atoms. The van der Waals surface area contributed by atoms with Gasteiger partial charge in [0.25, 0.3) is 11.7 Å². The fraction of sp³-hybridized carbons (Fsp3) is 0.364. The molecule has 0 unspecified atom stereocenters. The van der Waals surface area contributed by atoms with E-state index in [0.717, 1.165) is 0 Å². The van der Waals surface area contributed by atoms with Crippen LogP contribution in [0.1, 0.15) is 24.2 Å². The van der Waals surface area contributed by atoms with E-state index in [0.29, 0.717) is 22.2 Å². The molecule has 0 saturated heterocycles. The van der Waals surface area contributed by atoms with Gasteiger partial charge in [0.1, 0.15) is 0 Å². The summed E-state index contributed by atoms with van der Waals surface area (Å²) >= 11 is 0.468. The van der Waals surface area contributed by atoms with E-state index in [-0.39, 0.29) is 11.9 Å². The lowest BCUT2D eigenvalue weighted by Crippen LogP contribution is -2.29. The van der Waals surface area contributed by atoms with Gasteiger partial charge in [0.05, 0.1) is 0 Å². The lowest BCUT2D eigenvalue weighted by molar-refractivity contribution is 0.0943. The first-order valence-electron chi connectivity index (χ1n) is 4.85. The third kappa shape index (κ3) is 4.18. The van der Waals surface area contributed by atoms with Gasteiger partial charge in [-0.2, -0.15) is 8.78 Å². The summed E-state index contributed by atoms with van der Waals surface area (Å²) < 4.78 is 24.1. The van der Waals surface area contributed by atoms with E-state index in [2.05, 4.69) is 5.32 Å². The Morgan fingerprint density at radius 1 is 1.25 bits per heavy atom. The van der Waals surface area contributed by atoms with Crippen LogP contribution in [0.2, 0.25) is 0 Å². The SMILES string of the molecule is CC(C)NC(=O)c1ccc(SC(F)F)cc1. The summed E-state index contributed by atoms with van der Waals surface area (Å²) in [5.74, 6) is -2.63. The maximum atomic E-state index is 12.0. The maximum absolute atomic E-state index is 12.0. The highest BCUT2D eigenvalue weighted by molar-refractivity contribution is 7.99. The molecule has 0 aliphatic carbocycles. The Balaban J connectivity index is 2.67. The average molecular weight is 245 g/mol. The first kappa shape index (κ1) is 13.0. The summed E-state index contributed by atoms with van der Waals surface area (Å²) in [7, 11) is 0. The van der Waals surface area contributed by atoms with Crippen LogP contribution in [-0.4, -0.2) is 17.7 Å². The molecule has 0 aliphatic heterocycles. The van der Waals surface area contributed by atoms with Crippen molar-refractivity contribution in [1.29, 1.82) is 0 Å². The lowest BCUT2D eigenvalue weighted by Gasteiger charge is -2.08. The number of amides is 1. The van der Waals surface area contributed by atoms with Crippen molar-refractivity contribution in [3.63, 3.8) is 0 Å². The molecule has 0 aliphatic rings. The minimum Gasteiger partial charge on any atom is -0.350 e. The second-order valence-electron chi connectivity index (χ2n) is 3.53. The van der Waals surface area contributed by atoms with Gasteiger partial charge in [-0.3, -0.25) is 4.79 Å². The van der Waals surface area contributed by atoms with Crippen LogP contribution >= 0.6 is 11.8 Å². The number of thioether (sulfide) groups is 1. The monoisotopic (exact) mass is 245 g/mol. The van der Waals surface area contributed by atoms with Gasteiger partial charge in [-0.1, -0.05) is 11.8 Å². The van der Waals surface area contributed by atoms with Crippen LogP contribution < -0.4 is 5.32 Å². The summed E-state index contributed by atoms with van der Waals surface area (Å²) in [6.45, 7) is 3.72. The number of benzene rings is 1. The van der Waals surface area contributed by atoms with Crippen molar-refractivity contribution < 1.29 is 13.6 Å². The molecule has 0 heterocycles. The molecule has 0 spiro atoms. The highest BCUT2D eigenvalue weighted by atomic mass is 32.2. The van der Waals surface area contributed by atoms with Crippen LogP contribution in [0.5, 0.6) is 0 Å². The number of alkyl halides is 2. The van der Waals surface area contributed by atoms with E-state index in [1.807, 2.05) is 13.8 Å². The molecule has 0 bridgehead atoms. The third-order valence-corrected chi connectivity index (χ3v) is 2.48. The van der Waals surface area contributed by atoms with Crippen LogP contribution in [0.15, 0.2) is 29.2 Å². The van der Waals surface area contributed by atoms with Gasteiger partial charge in [-0.25, -0.2) is 0 Å². The summed E-state index contributed by atoms with van der Waals surface area (Å²) in [5, 5.41) is 2.73. The first-order valence-corrected chi connectivity index (χ1v) is 5.72. The van der Waals surface area contributed by atoms with Gasteiger partial charge in [-0.05, 0) is 38.1 Å². The van der Waals surface area contributed by atoms with Crippen LogP contribution in [0.25, 0.3) is 0 Å². The number of halogens is 2. The molecule has 0 aromatic heterocycles. The third-order valence-electron chi connectivity index (χ3n) is 1.76. The molecule has 1 aromatic carbocycles. The molecule has 1 amide bonds. The topological polar surface area (TPSA) is 29.1 Å². The Hall–Kier alpha value is -1.10. The molecule has 5 heteroatoms. The summed E-state index contributed by atoms with van der Waals surface area (Å²) in [6.07, 6.45) is 0. The van der Waals surface area contributed by atoms with Crippen molar-refractivity contribution in [3.8, 4) is 0 Å². The molecule has 1 aromatic rings. The summed E-state index contributed by atoms with van der Waals surface area (Å²) in [5.41, 5.74) is 0.479. The van der Waals surface area contributed by atoms with E-state index in [9.17, 15) is 13.6 Å². The lowest BCUT2D eigenvalue weighted by atomic mass is 10.2. The summed E-state index contributed by atoms with van der Waals surface area (Å²) in [6, 6.07) is 6.19. The zero-order valence-corrected chi connectivity index (χ0v) is 9.85. The van der Waals surface area contributed by atoms with Gasteiger partial charge < -0.3 is 5.32 Å². The second-order valence-corrected chi connectivity index (χ2v) is 4.59. The molecule has 1 rings (SSSR count). The van der Waals surface area contributed by atoms with Crippen LogP contribution in [0, 0.1) is 0 Å². The zero-order valence-electron chi connectivity index (χ0n) is 9.04. The molecule has 0 saturated carbocycles. The zero-order chi connectivity index (χ0) is 12.1. The van der Waals surface area contributed by atoms with Crippen molar-refractivity contribution in [2.75, 3.05) is 0 Å². The molecule has 2 nitrogen and oxygen atoms in total. The largest absolute Gasteiger partial charge is 0.350 e. The Morgan fingerprint density at radius 2 is 1.81 bits per heavy atom. The maximum Gasteiger partial charge on any atom is 0.288 e. The van der Waals surface area contributed by atoms with Crippen molar-refractivity contribution in [2.45, 2.75) is 30.5 Å². The van der Waals surface area contributed by atoms with E-state index in [1.165, 1.54) is 12.1 Å². The number of carbonyl (C=O) groups is 1. The summed E-state index contributed by atoms with van der Waals surface area (Å²) in [4.78, 5) is 12.0. The Kier molecular flexibility index (Phi) is 4.73. The predicted molar refractivity (Wildman–Crippen MR) is 60.9 cm³/mol. The highest BCUT2D eigenvalue weighted by Gasteiger charge is 2.08. The Bertz CT molecular complexity index is 352. The van der Waals surface area contributed by atoms with Crippen molar-refractivity contribution in [1.82, 2.24) is 5.32 Å². The normalized spacial score (nSPS) is 10.9. The van der Waals surface area contributed by atoms with Crippen molar-refractivity contribution in [3.05, 3.63) is 29.8 Å². The van der Waals surface area contributed by atoms with Crippen LogP contribution in [0.3, 0.4) is 0 Å². The quantitative estimate of drug-likeness (QED) is 0.826. The number of rotatable bonds is 4. The minimum atomic E-state index is -2.43. The molecule has 1 N–H and O–H groups in total. The Labute approximate surface area is 97.4 Å². The number of hydrogen-bond acceptors (Lipinski definition) is 2. The molecule has 0 atom stereocenters.